The van der Waals surface area contributed by atoms with Crippen molar-refractivity contribution in [2.45, 2.75) is 87.4 Å². The molecule has 2 amide bonds. The Morgan fingerprint density at radius 3 is 2.49 bits per heavy atom. The third-order valence-corrected chi connectivity index (χ3v) is 11.0. The first-order chi connectivity index (χ1) is 24.8. The number of likely N-dealkylation sites (N-methyl/N-ethyl adjacent to an activating group) is 1. The van der Waals surface area contributed by atoms with E-state index in [9.17, 15) is 14.4 Å². The standard InChI is InChI=1S/C40H50ClN5O5/c1-43-33(20-17-26-7-3-2-4-8-26)40(49)46-24-31(50-25-29-15-18-30(41)19-16-29)22-35(46)38(48)44-34(21-27-11-13-28(23-42)14-12-27)37(47)39-45-32-9-5-6-10-36(32)51-39/h2-10,15-16,18,27-28,30-31,33-35,43H,11-14,17,19-25,42H2,1H3,(H,44,48)/t27?,28?,30?,31-,33-,34+,35+/m1/s1. The lowest BCUT2D eigenvalue weighted by Gasteiger charge is -2.31. The fraction of sp³-hybridized carbons (Fsp3) is 0.500. The zero-order chi connectivity index (χ0) is 35.7. The number of ketones is 1. The molecule has 0 radical (unpaired) electrons. The van der Waals surface area contributed by atoms with Crippen LogP contribution in [-0.4, -0.2) is 83.8 Å². The largest absolute Gasteiger partial charge is 0.434 e. The molecule has 1 saturated heterocycles. The van der Waals surface area contributed by atoms with Crippen molar-refractivity contribution in [2.75, 3.05) is 26.7 Å². The molecular formula is C40H50ClN5O5. The predicted octanol–water partition coefficient (Wildman–Crippen LogP) is 5.35. The highest BCUT2D eigenvalue weighted by atomic mass is 35.5. The summed E-state index contributed by atoms with van der Waals surface area (Å²) in [6, 6.07) is 15.1. The lowest BCUT2D eigenvalue weighted by atomic mass is 9.79. The lowest BCUT2D eigenvalue weighted by Crippen LogP contribution is -2.54. The molecule has 1 saturated carbocycles. The number of carbonyl (C=O) groups excluding carboxylic acids is 3. The van der Waals surface area contributed by atoms with Crippen LogP contribution >= 0.6 is 11.6 Å². The topological polar surface area (TPSA) is 140 Å². The highest BCUT2D eigenvalue weighted by Crippen LogP contribution is 2.32. The van der Waals surface area contributed by atoms with Crippen molar-refractivity contribution in [3.8, 4) is 0 Å². The zero-order valence-corrected chi connectivity index (χ0v) is 30.1. The smallest absolute Gasteiger partial charge is 0.266 e. The van der Waals surface area contributed by atoms with Crippen molar-refractivity contribution in [1.82, 2.24) is 20.5 Å². The van der Waals surface area contributed by atoms with E-state index in [1.807, 2.05) is 54.6 Å². The van der Waals surface area contributed by atoms with Gasteiger partial charge in [-0.1, -0.05) is 73.5 Å². The quantitative estimate of drug-likeness (QED) is 0.141. The minimum absolute atomic E-state index is 0.0261. The van der Waals surface area contributed by atoms with E-state index in [2.05, 4.69) is 21.7 Å². The number of allylic oxidation sites excluding steroid dienone is 2. The average molecular weight is 716 g/mol. The van der Waals surface area contributed by atoms with Crippen LogP contribution in [0.15, 0.2) is 82.8 Å². The molecule has 0 spiro atoms. The Bertz CT molecular complexity index is 1670. The number of Topliss-reactive ketones (excluding diaryl/α,β-unsaturated/α-hetero) is 1. The first kappa shape index (κ1) is 36.9. The number of aromatic nitrogens is 1. The second-order valence-electron chi connectivity index (χ2n) is 14.2. The van der Waals surface area contributed by atoms with E-state index in [0.29, 0.717) is 55.9 Å². The maximum atomic E-state index is 14.4. The van der Waals surface area contributed by atoms with E-state index >= 15 is 0 Å². The Morgan fingerprint density at radius 1 is 1.04 bits per heavy atom. The number of nitrogens with zero attached hydrogens (tertiary/aromatic N) is 2. The summed E-state index contributed by atoms with van der Waals surface area (Å²) in [4.78, 5) is 48.8. The van der Waals surface area contributed by atoms with Crippen LogP contribution in [0.3, 0.4) is 0 Å². The summed E-state index contributed by atoms with van der Waals surface area (Å²) in [5.74, 6) is -0.214. The molecule has 3 aromatic rings. The maximum Gasteiger partial charge on any atom is 0.266 e. The van der Waals surface area contributed by atoms with Crippen molar-refractivity contribution < 1.29 is 23.5 Å². The summed E-state index contributed by atoms with van der Waals surface area (Å²) in [6.07, 6.45) is 12.2. The summed E-state index contributed by atoms with van der Waals surface area (Å²) in [7, 11) is 1.77. The number of ether oxygens (including phenoxy) is 1. The number of benzene rings is 2. The molecule has 272 valence electrons. The van der Waals surface area contributed by atoms with Gasteiger partial charge in [-0.2, -0.15) is 0 Å². The van der Waals surface area contributed by atoms with Gasteiger partial charge in [0.2, 0.25) is 17.6 Å². The molecule has 1 aromatic heterocycles. The average Bonchev–Trinajstić information content (AvgIpc) is 3.80. The second kappa shape index (κ2) is 17.6. The fourth-order valence-corrected chi connectivity index (χ4v) is 7.74. The number of aryl methyl sites for hydroxylation is 1. The minimum Gasteiger partial charge on any atom is -0.434 e. The molecule has 2 aliphatic carbocycles. The third kappa shape index (κ3) is 9.54. The number of rotatable bonds is 15. The van der Waals surface area contributed by atoms with Gasteiger partial charge in [-0.05, 0) is 87.2 Å². The molecule has 2 aromatic carbocycles. The summed E-state index contributed by atoms with van der Waals surface area (Å²) in [6.45, 7) is 1.28. The molecule has 51 heavy (non-hydrogen) atoms. The monoisotopic (exact) mass is 715 g/mol. The molecule has 1 aliphatic heterocycles. The van der Waals surface area contributed by atoms with Gasteiger partial charge in [-0.3, -0.25) is 14.4 Å². The van der Waals surface area contributed by atoms with Gasteiger partial charge < -0.3 is 30.4 Å². The van der Waals surface area contributed by atoms with Crippen LogP contribution in [0, 0.1) is 11.8 Å². The number of hydrogen-bond acceptors (Lipinski definition) is 8. The van der Waals surface area contributed by atoms with Crippen LogP contribution in [0.2, 0.25) is 0 Å². The van der Waals surface area contributed by atoms with Gasteiger partial charge in [0.1, 0.15) is 11.6 Å². The Morgan fingerprint density at radius 2 is 1.78 bits per heavy atom. The van der Waals surface area contributed by atoms with Crippen molar-refractivity contribution in [3.05, 3.63) is 89.9 Å². The number of hydrogen-bond donors (Lipinski definition) is 3. The number of nitrogens with one attached hydrogen (secondary N) is 2. The molecule has 1 unspecified atom stereocenters. The molecule has 0 bridgehead atoms. The number of likely N-dealkylation sites (tertiary alicyclic amines) is 1. The van der Waals surface area contributed by atoms with E-state index in [1.165, 1.54) is 0 Å². The van der Waals surface area contributed by atoms with Gasteiger partial charge in [-0.15, -0.1) is 11.6 Å². The predicted molar refractivity (Wildman–Crippen MR) is 198 cm³/mol. The number of nitrogens with two attached hydrogens (primary N) is 1. The van der Waals surface area contributed by atoms with E-state index in [1.54, 1.807) is 24.1 Å². The van der Waals surface area contributed by atoms with E-state index in [-0.39, 0.29) is 47.4 Å². The van der Waals surface area contributed by atoms with Crippen LogP contribution in [0.25, 0.3) is 11.1 Å². The van der Waals surface area contributed by atoms with Gasteiger partial charge in [0.15, 0.2) is 5.58 Å². The molecule has 2 fully saturated rings. The summed E-state index contributed by atoms with van der Waals surface area (Å²) in [5.41, 5.74) is 9.20. The van der Waals surface area contributed by atoms with Crippen LogP contribution in [0.4, 0.5) is 0 Å². The van der Waals surface area contributed by atoms with Gasteiger partial charge in [0.25, 0.3) is 5.89 Å². The van der Waals surface area contributed by atoms with Gasteiger partial charge in [-0.25, -0.2) is 4.98 Å². The van der Waals surface area contributed by atoms with E-state index in [4.69, 9.17) is 26.5 Å². The van der Waals surface area contributed by atoms with Gasteiger partial charge >= 0.3 is 0 Å². The fourth-order valence-electron chi connectivity index (χ4n) is 7.58. The number of amides is 2. The minimum atomic E-state index is -0.860. The Hall–Kier alpha value is -3.83. The number of halogens is 1. The molecule has 4 N–H and O–H groups in total. The Balaban J connectivity index is 1.21. The van der Waals surface area contributed by atoms with E-state index < -0.39 is 18.1 Å². The molecule has 11 heteroatoms. The van der Waals surface area contributed by atoms with Crippen molar-refractivity contribution in [2.24, 2.45) is 17.6 Å². The maximum absolute atomic E-state index is 14.4. The molecule has 5 atom stereocenters. The highest BCUT2D eigenvalue weighted by Gasteiger charge is 2.43. The summed E-state index contributed by atoms with van der Waals surface area (Å²) >= 11 is 6.22. The summed E-state index contributed by atoms with van der Waals surface area (Å²) in [5, 5.41) is 6.24. The van der Waals surface area contributed by atoms with Crippen molar-refractivity contribution in [1.29, 1.82) is 0 Å². The SMILES string of the molecule is CN[C@H](CCc1ccccc1)C(=O)N1C[C@H](OCC2=CCC(Cl)C=C2)C[C@H]1C(=O)N[C@@H](CC1CCC(CN)CC1)C(=O)c1nc2ccccc2o1. The number of alkyl halides is 1. The van der Waals surface area contributed by atoms with Crippen LogP contribution in [-0.2, 0) is 20.7 Å². The summed E-state index contributed by atoms with van der Waals surface area (Å²) < 4.78 is 12.2. The zero-order valence-electron chi connectivity index (χ0n) is 29.3. The van der Waals surface area contributed by atoms with Gasteiger partial charge in [0, 0.05) is 13.0 Å². The van der Waals surface area contributed by atoms with Crippen LogP contribution < -0.4 is 16.4 Å². The van der Waals surface area contributed by atoms with Crippen molar-refractivity contribution in [3.63, 3.8) is 0 Å². The second-order valence-corrected chi connectivity index (χ2v) is 14.8. The molecular weight excluding hydrogens is 666 g/mol. The number of carbonyl (C=O) groups is 3. The Kier molecular flexibility index (Phi) is 12.7. The Labute approximate surface area is 305 Å². The van der Waals surface area contributed by atoms with Crippen molar-refractivity contribution >= 4 is 40.3 Å². The molecule has 10 nitrogen and oxygen atoms in total. The number of fused-ring (bicyclic) bond motifs is 1. The molecule has 2 heterocycles. The van der Waals surface area contributed by atoms with E-state index in [0.717, 1.165) is 43.2 Å². The third-order valence-electron chi connectivity index (χ3n) is 10.7. The molecule has 6 rings (SSSR count). The lowest BCUT2D eigenvalue weighted by molar-refractivity contribution is -0.140. The number of oxazole rings is 1. The number of para-hydroxylation sites is 2. The molecule has 3 aliphatic rings. The van der Waals surface area contributed by atoms with Crippen LogP contribution in [0.1, 0.15) is 67.6 Å². The first-order valence-corrected chi connectivity index (χ1v) is 18.8. The van der Waals surface area contributed by atoms with Gasteiger partial charge in [0.05, 0.1) is 30.2 Å². The normalized spacial score (nSPS) is 24.6. The van der Waals surface area contributed by atoms with Crippen LogP contribution in [0.5, 0.6) is 0 Å². The highest BCUT2D eigenvalue weighted by molar-refractivity contribution is 6.22. The first-order valence-electron chi connectivity index (χ1n) is 18.4.